The second-order valence-electron chi connectivity index (χ2n) is 7.64. The Hall–Kier alpha value is -2.38. The first-order valence-corrected chi connectivity index (χ1v) is 10.2. The monoisotopic (exact) mass is 401 g/mol. The smallest absolute Gasteiger partial charge is 0.191 e. The normalized spacial score (nSPS) is 17.5. The van der Waals surface area contributed by atoms with E-state index in [0.717, 1.165) is 30.4 Å². The van der Waals surface area contributed by atoms with E-state index in [9.17, 15) is 4.39 Å². The highest BCUT2D eigenvalue weighted by atomic mass is 19.1. The van der Waals surface area contributed by atoms with Crippen LogP contribution in [0.25, 0.3) is 0 Å². The molecule has 1 aromatic heterocycles. The molecule has 0 amide bonds. The molecule has 7 heteroatoms. The number of nitrogens with zero attached hydrogens (tertiary/aromatic N) is 3. The Morgan fingerprint density at radius 3 is 2.55 bits per heavy atom. The van der Waals surface area contributed by atoms with Crippen molar-refractivity contribution in [3.63, 3.8) is 0 Å². The van der Waals surface area contributed by atoms with Gasteiger partial charge in [-0.15, -0.1) is 0 Å². The summed E-state index contributed by atoms with van der Waals surface area (Å²) in [5, 5.41) is 6.82. The van der Waals surface area contributed by atoms with Gasteiger partial charge in [-0.3, -0.25) is 9.89 Å². The molecule has 2 atom stereocenters. The third-order valence-electron chi connectivity index (χ3n) is 5.46. The molecule has 2 N–H and O–H groups in total. The topological polar surface area (TPSA) is 56.0 Å². The van der Waals surface area contributed by atoms with Crippen molar-refractivity contribution in [2.75, 3.05) is 47.3 Å². The first-order chi connectivity index (χ1) is 14.1. The lowest BCUT2D eigenvalue weighted by Gasteiger charge is -2.28. The van der Waals surface area contributed by atoms with Gasteiger partial charge in [0.1, 0.15) is 11.6 Å². The maximum atomic E-state index is 13.7. The van der Waals surface area contributed by atoms with Crippen molar-refractivity contribution in [3.8, 4) is 0 Å². The summed E-state index contributed by atoms with van der Waals surface area (Å²) >= 11 is 0. The molecule has 29 heavy (non-hydrogen) atoms. The van der Waals surface area contributed by atoms with Gasteiger partial charge >= 0.3 is 0 Å². The maximum absolute atomic E-state index is 13.7. The van der Waals surface area contributed by atoms with Crippen LogP contribution < -0.4 is 10.6 Å². The SMILES string of the molecule is CN=C(NCC(c1cccc(F)c1)N(C)C)NCC(c1ccco1)N1CCCC1. The molecule has 2 heterocycles. The Kier molecular flexibility index (Phi) is 7.66. The summed E-state index contributed by atoms with van der Waals surface area (Å²) in [6, 6.07) is 10.9. The molecular formula is C22H32FN5O. The lowest BCUT2D eigenvalue weighted by molar-refractivity contribution is 0.215. The molecule has 0 saturated carbocycles. The van der Waals surface area contributed by atoms with Crippen LogP contribution in [0.2, 0.25) is 0 Å². The Labute approximate surface area is 172 Å². The van der Waals surface area contributed by atoms with Gasteiger partial charge in [0.2, 0.25) is 0 Å². The molecule has 2 unspecified atom stereocenters. The standard InChI is InChI=1S/C22H32FN5O/c1-24-22(25-15-19(27(2)3)17-8-6-9-18(23)14-17)26-16-20(21-10-7-13-29-21)28-11-4-5-12-28/h6-10,13-14,19-20H,4-5,11-12,15-16H2,1-3H3,(H2,24,25,26). The molecular weight excluding hydrogens is 369 g/mol. The predicted octanol–water partition coefficient (Wildman–Crippen LogP) is 3.02. The summed E-state index contributed by atoms with van der Waals surface area (Å²) in [7, 11) is 5.75. The number of likely N-dealkylation sites (tertiary alicyclic amines) is 1. The van der Waals surface area contributed by atoms with E-state index in [2.05, 4.69) is 25.4 Å². The minimum Gasteiger partial charge on any atom is -0.468 e. The molecule has 158 valence electrons. The van der Waals surface area contributed by atoms with Crippen molar-refractivity contribution in [1.82, 2.24) is 20.4 Å². The van der Waals surface area contributed by atoms with Crippen LogP contribution in [-0.2, 0) is 0 Å². The summed E-state index contributed by atoms with van der Waals surface area (Å²) in [5.74, 6) is 1.48. The first kappa shape index (κ1) is 21.3. The number of rotatable bonds is 8. The molecule has 1 aromatic carbocycles. The Morgan fingerprint density at radius 1 is 1.17 bits per heavy atom. The maximum Gasteiger partial charge on any atom is 0.191 e. The van der Waals surface area contributed by atoms with E-state index in [1.54, 1.807) is 25.4 Å². The van der Waals surface area contributed by atoms with Crippen LogP contribution in [0, 0.1) is 5.82 Å². The Balaban J connectivity index is 1.60. The van der Waals surface area contributed by atoms with E-state index in [0.29, 0.717) is 13.1 Å². The fourth-order valence-corrected chi connectivity index (χ4v) is 3.86. The van der Waals surface area contributed by atoms with Gasteiger partial charge in [0.15, 0.2) is 5.96 Å². The highest BCUT2D eigenvalue weighted by Crippen LogP contribution is 2.25. The third kappa shape index (κ3) is 5.81. The zero-order valence-corrected chi connectivity index (χ0v) is 17.6. The van der Waals surface area contributed by atoms with Crippen molar-refractivity contribution in [3.05, 3.63) is 59.8 Å². The zero-order chi connectivity index (χ0) is 20.6. The van der Waals surface area contributed by atoms with E-state index in [-0.39, 0.29) is 17.9 Å². The Morgan fingerprint density at radius 2 is 1.93 bits per heavy atom. The minimum atomic E-state index is -0.219. The van der Waals surface area contributed by atoms with E-state index >= 15 is 0 Å². The third-order valence-corrected chi connectivity index (χ3v) is 5.46. The summed E-state index contributed by atoms with van der Waals surface area (Å²) in [6.07, 6.45) is 4.18. The van der Waals surface area contributed by atoms with Gasteiger partial charge in [-0.2, -0.15) is 0 Å². The van der Waals surface area contributed by atoms with E-state index in [1.165, 1.54) is 18.9 Å². The predicted molar refractivity (Wildman–Crippen MR) is 114 cm³/mol. The number of aliphatic imine (C=N–C) groups is 1. The van der Waals surface area contributed by atoms with Crippen molar-refractivity contribution in [2.45, 2.75) is 24.9 Å². The van der Waals surface area contributed by atoms with Crippen LogP contribution in [0.15, 0.2) is 52.1 Å². The number of likely N-dealkylation sites (N-methyl/N-ethyl adjacent to an activating group) is 1. The second kappa shape index (κ2) is 10.4. The average molecular weight is 402 g/mol. The number of furan rings is 1. The number of hydrogen-bond acceptors (Lipinski definition) is 4. The van der Waals surface area contributed by atoms with E-state index in [1.807, 2.05) is 32.3 Å². The summed E-state index contributed by atoms with van der Waals surface area (Å²) in [6.45, 7) is 3.49. The van der Waals surface area contributed by atoms with Crippen LogP contribution in [0.5, 0.6) is 0 Å². The highest BCUT2D eigenvalue weighted by molar-refractivity contribution is 5.79. The van der Waals surface area contributed by atoms with Gasteiger partial charge < -0.3 is 20.0 Å². The van der Waals surface area contributed by atoms with Crippen LogP contribution in [0.1, 0.15) is 36.2 Å². The summed E-state index contributed by atoms with van der Waals surface area (Å²) in [5.41, 5.74) is 0.934. The Bertz CT molecular complexity index is 771. The molecule has 0 aliphatic carbocycles. The molecule has 1 aliphatic heterocycles. The van der Waals surface area contributed by atoms with Gasteiger partial charge in [0.05, 0.1) is 18.3 Å². The van der Waals surface area contributed by atoms with Gasteiger partial charge in [-0.1, -0.05) is 12.1 Å². The summed E-state index contributed by atoms with van der Waals surface area (Å²) in [4.78, 5) is 8.89. The number of nitrogens with one attached hydrogen (secondary N) is 2. The molecule has 6 nitrogen and oxygen atoms in total. The molecule has 1 fully saturated rings. The average Bonchev–Trinajstić information content (AvgIpc) is 3.41. The lowest BCUT2D eigenvalue weighted by atomic mass is 10.1. The number of hydrogen-bond donors (Lipinski definition) is 2. The molecule has 1 aliphatic rings. The van der Waals surface area contributed by atoms with Crippen molar-refractivity contribution >= 4 is 5.96 Å². The zero-order valence-electron chi connectivity index (χ0n) is 17.6. The number of guanidine groups is 1. The van der Waals surface area contributed by atoms with Gasteiger partial charge in [-0.05, 0) is 69.9 Å². The molecule has 0 spiro atoms. The molecule has 2 aromatic rings. The molecule has 0 radical (unpaired) electrons. The lowest BCUT2D eigenvalue weighted by Crippen LogP contribution is -2.45. The van der Waals surface area contributed by atoms with Crippen LogP contribution in [0.4, 0.5) is 4.39 Å². The molecule has 0 bridgehead atoms. The highest BCUT2D eigenvalue weighted by Gasteiger charge is 2.25. The summed E-state index contributed by atoms with van der Waals surface area (Å²) < 4.78 is 19.3. The largest absolute Gasteiger partial charge is 0.468 e. The number of benzene rings is 1. The number of halogens is 1. The molecule has 3 rings (SSSR count). The first-order valence-electron chi connectivity index (χ1n) is 10.2. The van der Waals surface area contributed by atoms with Crippen LogP contribution in [-0.4, -0.2) is 63.1 Å². The van der Waals surface area contributed by atoms with Crippen molar-refractivity contribution in [1.29, 1.82) is 0 Å². The van der Waals surface area contributed by atoms with Gasteiger partial charge in [0, 0.05) is 20.1 Å². The van der Waals surface area contributed by atoms with Crippen LogP contribution in [0.3, 0.4) is 0 Å². The molecule has 1 saturated heterocycles. The fourth-order valence-electron chi connectivity index (χ4n) is 3.86. The fraction of sp³-hybridized carbons (Fsp3) is 0.500. The van der Waals surface area contributed by atoms with Crippen LogP contribution >= 0.6 is 0 Å². The van der Waals surface area contributed by atoms with Crippen molar-refractivity contribution in [2.24, 2.45) is 4.99 Å². The minimum absolute atomic E-state index is 0.0312. The van der Waals surface area contributed by atoms with E-state index in [4.69, 9.17) is 4.42 Å². The van der Waals surface area contributed by atoms with E-state index < -0.39 is 0 Å². The van der Waals surface area contributed by atoms with Gasteiger partial charge in [0.25, 0.3) is 0 Å². The second-order valence-corrected chi connectivity index (χ2v) is 7.64. The van der Waals surface area contributed by atoms with Crippen molar-refractivity contribution < 1.29 is 8.81 Å². The quantitative estimate of drug-likeness (QED) is 0.526. The van der Waals surface area contributed by atoms with Gasteiger partial charge in [-0.25, -0.2) is 4.39 Å².